The van der Waals surface area contributed by atoms with Crippen molar-refractivity contribution in [2.24, 2.45) is 10.9 Å². The number of aliphatic hydroxyl groups excluding tert-OH is 1. The van der Waals surface area contributed by atoms with E-state index in [-0.39, 0.29) is 29.3 Å². The van der Waals surface area contributed by atoms with Gasteiger partial charge in [-0.2, -0.15) is 0 Å². The Balaban J connectivity index is 1.41. The third-order valence-corrected chi connectivity index (χ3v) is 8.21. The lowest BCUT2D eigenvalue weighted by Gasteiger charge is -2.22. The minimum absolute atomic E-state index is 0.00524. The predicted octanol–water partition coefficient (Wildman–Crippen LogP) is 1.71. The SMILES string of the molecule is COc1ccc(CC(C)NCCCCNC(C)Cc2cc3c(c(C(N)=O)c2)N(CCCO)CC3)cc1S(N)(=O)=O. The largest absolute Gasteiger partial charge is 0.495 e. The van der Waals surface area contributed by atoms with Gasteiger partial charge in [-0.25, -0.2) is 13.6 Å². The van der Waals surface area contributed by atoms with Crippen LogP contribution in [0.15, 0.2) is 35.2 Å². The van der Waals surface area contributed by atoms with Crippen molar-refractivity contribution in [3.63, 3.8) is 0 Å². The van der Waals surface area contributed by atoms with Crippen LogP contribution in [0, 0.1) is 0 Å². The molecule has 0 saturated carbocycles. The first kappa shape index (κ1) is 31.8. The number of anilines is 1. The van der Waals surface area contributed by atoms with E-state index >= 15 is 0 Å². The highest BCUT2D eigenvalue weighted by Gasteiger charge is 2.25. The number of primary amides is 1. The van der Waals surface area contributed by atoms with Gasteiger partial charge in [0, 0.05) is 31.8 Å². The molecule has 2 atom stereocenters. The van der Waals surface area contributed by atoms with Gasteiger partial charge in [-0.15, -0.1) is 0 Å². The van der Waals surface area contributed by atoms with Crippen LogP contribution in [0.4, 0.5) is 5.69 Å². The summed E-state index contributed by atoms with van der Waals surface area (Å²) < 4.78 is 28.8. The lowest BCUT2D eigenvalue weighted by molar-refractivity contribution is 0.100. The number of unbranched alkanes of at least 4 members (excludes halogenated alkanes) is 1. The van der Waals surface area contributed by atoms with Crippen LogP contribution in [0.2, 0.25) is 0 Å². The summed E-state index contributed by atoms with van der Waals surface area (Å²) in [5.74, 6) is -0.160. The molecule has 10 nitrogen and oxygen atoms in total. The number of carbonyl (C=O) groups is 1. The summed E-state index contributed by atoms with van der Waals surface area (Å²) in [5, 5.41) is 21.6. The Morgan fingerprint density at radius 1 is 1.05 bits per heavy atom. The fourth-order valence-corrected chi connectivity index (χ4v) is 6.10. The van der Waals surface area contributed by atoms with Gasteiger partial charge >= 0.3 is 0 Å². The normalized spacial score (nSPS) is 14.7. The third kappa shape index (κ3) is 8.90. The second kappa shape index (κ2) is 14.8. The number of carbonyl (C=O) groups excluding carboxylic acids is 1. The lowest BCUT2D eigenvalue weighted by Crippen LogP contribution is -2.31. The van der Waals surface area contributed by atoms with E-state index in [1.165, 1.54) is 7.11 Å². The quantitative estimate of drug-likeness (QED) is 0.178. The number of nitrogens with two attached hydrogens (primary N) is 2. The number of benzene rings is 2. The summed E-state index contributed by atoms with van der Waals surface area (Å²) in [7, 11) is -2.43. The second-order valence-corrected chi connectivity index (χ2v) is 12.2. The van der Waals surface area contributed by atoms with Crippen LogP contribution in [-0.4, -0.2) is 71.4 Å². The molecule has 222 valence electrons. The molecule has 0 radical (unpaired) electrons. The molecule has 2 unspecified atom stereocenters. The van der Waals surface area contributed by atoms with E-state index in [9.17, 15) is 18.3 Å². The summed E-state index contributed by atoms with van der Waals surface area (Å²) in [4.78, 5) is 14.4. The number of rotatable bonds is 17. The zero-order valence-corrected chi connectivity index (χ0v) is 24.7. The number of nitrogens with one attached hydrogen (secondary N) is 2. The van der Waals surface area contributed by atoms with Crippen LogP contribution in [0.3, 0.4) is 0 Å². The van der Waals surface area contributed by atoms with Crippen LogP contribution in [0.5, 0.6) is 5.75 Å². The molecule has 1 aliphatic heterocycles. The van der Waals surface area contributed by atoms with Gasteiger partial charge in [0.2, 0.25) is 10.0 Å². The summed E-state index contributed by atoms with van der Waals surface area (Å²) >= 11 is 0. The summed E-state index contributed by atoms with van der Waals surface area (Å²) in [6, 6.07) is 9.62. The minimum atomic E-state index is -3.86. The van der Waals surface area contributed by atoms with Gasteiger partial charge in [-0.3, -0.25) is 4.79 Å². The molecule has 0 bridgehead atoms. The average molecular weight is 576 g/mol. The van der Waals surface area contributed by atoms with Crippen molar-refractivity contribution >= 4 is 21.6 Å². The first-order valence-electron chi connectivity index (χ1n) is 14.0. The average Bonchev–Trinajstić information content (AvgIpc) is 3.31. The first-order valence-corrected chi connectivity index (χ1v) is 15.6. The molecule has 2 aromatic rings. The number of primary sulfonamides is 1. The Kier molecular flexibility index (Phi) is 11.8. The molecular weight excluding hydrogens is 530 g/mol. The van der Waals surface area contributed by atoms with Gasteiger partial charge in [0.25, 0.3) is 5.91 Å². The number of amides is 1. The summed E-state index contributed by atoms with van der Waals surface area (Å²) in [6.45, 7) is 7.65. The van der Waals surface area contributed by atoms with Gasteiger partial charge < -0.3 is 31.1 Å². The van der Waals surface area contributed by atoms with Crippen molar-refractivity contribution in [3.8, 4) is 5.75 Å². The molecule has 3 rings (SSSR count). The van der Waals surface area contributed by atoms with E-state index in [1.54, 1.807) is 12.1 Å². The predicted molar refractivity (Wildman–Crippen MR) is 159 cm³/mol. The van der Waals surface area contributed by atoms with Crippen LogP contribution in [0.25, 0.3) is 0 Å². The van der Waals surface area contributed by atoms with E-state index in [2.05, 4.69) is 35.4 Å². The maximum Gasteiger partial charge on any atom is 0.250 e. The maximum atomic E-state index is 12.2. The summed E-state index contributed by atoms with van der Waals surface area (Å²) in [5.41, 5.74) is 10.4. The van der Waals surface area contributed by atoms with Crippen molar-refractivity contribution in [2.75, 3.05) is 44.8 Å². The number of fused-ring (bicyclic) bond motifs is 1. The van der Waals surface area contributed by atoms with Crippen molar-refractivity contribution < 1.29 is 23.1 Å². The number of aliphatic hydroxyl groups is 1. The number of sulfonamides is 1. The fraction of sp³-hybridized carbons (Fsp3) is 0.552. The highest BCUT2D eigenvalue weighted by Crippen LogP contribution is 2.33. The standard InChI is InChI=1S/C29H45N5O5S/c1-20(15-22-7-8-26(39-3)27(19-22)40(31,37)38)32-10-4-5-11-33-21(2)16-23-17-24-9-13-34(12-6-14-35)28(24)25(18-23)29(30)36/h7-8,17-21,32-33,35H,4-6,9-16H2,1-3H3,(H2,30,36)(H2,31,37,38). The Morgan fingerprint density at radius 2 is 1.70 bits per heavy atom. The Bertz CT molecular complexity index is 1250. The number of hydrogen-bond donors (Lipinski definition) is 5. The Labute approximate surface area is 238 Å². The zero-order valence-electron chi connectivity index (χ0n) is 23.9. The molecule has 2 aromatic carbocycles. The smallest absolute Gasteiger partial charge is 0.250 e. The minimum Gasteiger partial charge on any atom is -0.495 e. The maximum absolute atomic E-state index is 12.2. The van der Waals surface area contributed by atoms with Crippen molar-refractivity contribution in [1.82, 2.24) is 10.6 Å². The Morgan fingerprint density at radius 3 is 2.27 bits per heavy atom. The molecule has 0 saturated heterocycles. The molecule has 7 N–H and O–H groups in total. The van der Waals surface area contributed by atoms with Crippen molar-refractivity contribution in [3.05, 3.63) is 52.6 Å². The van der Waals surface area contributed by atoms with Gasteiger partial charge in [0.05, 0.1) is 18.4 Å². The number of methoxy groups -OCH3 is 1. The molecule has 0 aliphatic carbocycles. The van der Waals surface area contributed by atoms with E-state index in [4.69, 9.17) is 15.6 Å². The van der Waals surface area contributed by atoms with Crippen LogP contribution >= 0.6 is 0 Å². The van der Waals surface area contributed by atoms with Crippen LogP contribution in [0.1, 0.15) is 60.2 Å². The highest BCUT2D eigenvalue weighted by molar-refractivity contribution is 7.89. The van der Waals surface area contributed by atoms with Crippen molar-refractivity contribution in [2.45, 2.75) is 69.4 Å². The van der Waals surface area contributed by atoms with Gasteiger partial charge in [0.15, 0.2) is 0 Å². The van der Waals surface area contributed by atoms with E-state index in [1.807, 2.05) is 12.1 Å². The van der Waals surface area contributed by atoms with E-state index in [0.29, 0.717) is 18.4 Å². The molecular formula is C29H45N5O5S. The van der Waals surface area contributed by atoms with Gasteiger partial charge in [-0.1, -0.05) is 12.1 Å². The topological polar surface area (TPSA) is 160 Å². The van der Waals surface area contributed by atoms with Crippen LogP contribution in [-0.2, 0) is 29.3 Å². The molecule has 1 amide bonds. The lowest BCUT2D eigenvalue weighted by atomic mass is 9.98. The van der Waals surface area contributed by atoms with E-state index in [0.717, 1.165) is 74.2 Å². The van der Waals surface area contributed by atoms with Gasteiger partial charge in [-0.05, 0) is 100 Å². The second-order valence-electron chi connectivity index (χ2n) is 10.7. The monoisotopic (exact) mass is 575 g/mol. The first-order chi connectivity index (χ1) is 19.0. The van der Waals surface area contributed by atoms with Crippen LogP contribution < -0.4 is 31.1 Å². The third-order valence-electron chi connectivity index (χ3n) is 7.28. The van der Waals surface area contributed by atoms with Crippen molar-refractivity contribution in [1.29, 1.82) is 0 Å². The molecule has 11 heteroatoms. The Hall–Kier alpha value is -2.70. The number of hydrogen-bond acceptors (Lipinski definition) is 8. The molecule has 0 spiro atoms. The highest BCUT2D eigenvalue weighted by atomic mass is 32.2. The number of nitrogens with zero attached hydrogens (tertiary/aromatic N) is 1. The molecule has 1 aliphatic rings. The number of ether oxygens (including phenoxy) is 1. The summed E-state index contributed by atoms with van der Waals surface area (Å²) in [6.07, 6.45) is 5.05. The zero-order chi connectivity index (χ0) is 29.3. The molecule has 1 heterocycles. The van der Waals surface area contributed by atoms with E-state index < -0.39 is 15.9 Å². The molecule has 0 fully saturated rings. The van der Waals surface area contributed by atoms with Gasteiger partial charge in [0.1, 0.15) is 10.6 Å². The fourth-order valence-electron chi connectivity index (χ4n) is 5.35. The molecule has 40 heavy (non-hydrogen) atoms. The molecule has 0 aromatic heterocycles.